The normalized spacial score (nSPS) is 16.9. The lowest BCUT2D eigenvalue weighted by Gasteiger charge is -2.34. The molecule has 108 valence electrons. The van der Waals surface area contributed by atoms with E-state index < -0.39 is 0 Å². The summed E-state index contributed by atoms with van der Waals surface area (Å²) < 4.78 is 6.00. The molecule has 2 rings (SSSR count). The third-order valence-electron chi connectivity index (χ3n) is 3.40. The summed E-state index contributed by atoms with van der Waals surface area (Å²) in [7, 11) is 1.82. The zero-order chi connectivity index (χ0) is 14.2. The van der Waals surface area contributed by atoms with Crippen LogP contribution >= 0.6 is 0 Å². The van der Waals surface area contributed by atoms with Crippen molar-refractivity contribution in [3.8, 4) is 5.75 Å². The maximum atomic E-state index is 6.00. The predicted molar refractivity (Wildman–Crippen MR) is 83.2 cm³/mol. The molecule has 0 spiro atoms. The zero-order valence-electron chi connectivity index (χ0n) is 12.1. The number of nitrogens with zero attached hydrogens (tertiary/aromatic N) is 2. The third kappa shape index (κ3) is 4.02. The summed E-state index contributed by atoms with van der Waals surface area (Å²) in [5.74, 6) is 1.91. The Morgan fingerprint density at radius 1 is 1.40 bits per heavy atom. The van der Waals surface area contributed by atoms with Crippen LogP contribution in [0, 0.1) is 0 Å². The highest BCUT2D eigenvalue weighted by Gasteiger charge is 2.22. The summed E-state index contributed by atoms with van der Waals surface area (Å²) in [5.41, 5.74) is 0. The van der Waals surface area contributed by atoms with E-state index in [0.717, 1.165) is 44.2 Å². The number of guanidine groups is 1. The van der Waals surface area contributed by atoms with Gasteiger partial charge in [0.2, 0.25) is 0 Å². The number of benzene rings is 1. The first-order valence-corrected chi connectivity index (χ1v) is 7.11. The summed E-state index contributed by atoms with van der Waals surface area (Å²) in [4.78, 5) is 6.57. The molecule has 1 aromatic carbocycles. The number of hydrogen-bond donors (Lipinski definition) is 1. The monoisotopic (exact) mass is 273 g/mol. The molecule has 1 aromatic rings. The van der Waals surface area contributed by atoms with E-state index in [1.165, 1.54) is 0 Å². The fourth-order valence-electron chi connectivity index (χ4n) is 2.37. The number of aliphatic imine (C=N–C) groups is 1. The molecule has 0 radical (unpaired) electrons. The van der Waals surface area contributed by atoms with Crippen molar-refractivity contribution in [1.29, 1.82) is 0 Å². The number of para-hydroxylation sites is 1. The summed E-state index contributed by atoms with van der Waals surface area (Å²) in [6.45, 7) is 6.39. The van der Waals surface area contributed by atoms with Crippen molar-refractivity contribution in [2.45, 2.75) is 18.9 Å². The van der Waals surface area contributed by atoms with Gasteiger partial charge in [0, 0.05) is 39.5 Å². The van der Waals surface area contributed by atoms with Crippen LogP contribution in [0.25, 0.3) is 0 Å². The molecule has 1 aliphatic rings. The highest BCUT2D eigenvalue weighted by molar-refractivity contribution is 5.80. The SMILES string of the molecule is C=CCNC(=NC)N1CCC(Oc2ccccc2)CC1. The molecule has 0 atom stereocenters. The van der Waals surface area contributed by atoms with Gasteiger partial charge in [0.25, 0.3) is 0 Å². The van der Waals surface area contributed by atoms with Gasteiger partial charge in [0.15, 0.2) is 5.96 Å². The number of hydrogen-bond acceptors (Lipinski definition) is 2. The van der Waals surface area contributed by atoms with Crippen molar-refractivity contribution in [2.75, 3.05) is 26.7 Å². The number of nitrogens with one attached hydrogen (secondary N) is 1. The van der Waals surface area contributed by atoms with Gasteiger partial charge in [-0.2, -0.15) is 0 Å². The van der Waals surface area contributed by atoms with Gasteiger partial charge in [-0.25, -0.2) is 0 Å². The number of ether oxygens (including phenoxy) is 1. The summed E-state index contributed by atoms with van der Waals surface area (Å²) in [6, 6.07) is 10.0. The minimum atomic E-state index is 0.297. The molecule has 0 amide bonds. The van der Waals surface area contributed by atoms with E-state index in [4.69, 9.17) is 4.74 Å². The summed E-state index contributed by atoms with van der Waals surface area (Å²) >= 11 is 0. The van der Waals surface area contributed by atoms with Crippen molar-refractivity contribution in [1.82, 2.24) is 10.2 Å². The Kier molecular flexibility index (Phi) is 5.47. The van der Waals surface area contributed by atoms with E-state index in [9.17, 15) is 0 Å². The topological polar surface area (TPSA) is 36.9 Å². The van der Waals surface area contributed by atoms with Crippen LogP contribution in [0.5, 0.6) is 5.75 Å². The highest BCUT2D eigenvalue weighted by atomic mass is 16.5. The van der Waals surface area contributed by atoms with Crippen LogP contribution in [0.3, 0.4) is 0 Å². The van der Waals surface area contributed by atoms with Gasteiger partial charge in [-0.3, -0.25) is 4.99 Å². The average Bonchev–Trinajstić information content (AvgIpc) is 2.50. The Labute approximate surface area is 121 Å². The fourth-order valence-corrected chi connectivity index (χ4v) is 2.37. The second-order valence-electron chi connectivity index (χ2n) is 4.83. The van der Waals surface area contributed by atoms with E-state index in [2.05, 4.69) is 21.8 Å². The molecular formula is C16H23N3O. The predicted octanol–water partition coefficient (Wildman–Crippen LogP) is 2.29. The summed E-state index contributed by atoms with van der Waals surface area (Å²) in [6.07, 6.45) is 4.18. The fraction of sp³-hybridized carbons (Fsp3) is 0.438. The van der Waals surface area contributed by atoms with Gasteiger partial charge in [0.1, 0.15) is 11.9 Å². The largest absolute Gasteiger partial charge is 0.490 e. The van der Waals surface area contributed by atoms with E-state index in [-0.39, 0.29) is 0 Å². The van der Waals surface area contributed by atoms with E-state index in [1.807, 2.05) is 43.5 Å². The van der Waals surface area contributed by atoms with Crippen molar-refractivity contribution >= 4 is 5.96 Å². The Balaban J connectivity index is 1.81. The minimum Gasteiger partial charge on any atom is -0.490 e. The number of likely N-dealkylation sites (tertiary alicyclic amines) is 1. The zero-order valence-corrected chi connectivity index (χ0v) is 12.1. The minimum absolute atomic E-state index is 0.297. The van der Waals surface area contributed by atoms with Crippen LogP contribution in [-0.4, -0.2) is 43.6 Å². The molecule has 0 unspecified atom stereocenters. The molecule has 1 fully saturated rings. The molecule has 0 saturated carbocycles. The molecule has 0 aliphatic carbocycles. The van der Waals surface area contributed by atoms with E-state index >= 15 is 0 Å². The molecular weight excluding hydrogens is 250 g/mol. The number of piperidine rings is 1. The maximum absolute atomic E-state index is 6.00. The van der Waals surface area contributed by atoms with Crippen LogP contribution in [0.4, 0.5) is 0 Å². The lowest BCUT2D eigenvalue weighted by Crippen LogP contribution is -2.47. The molecule has 0 aromatic heterocycles. The van der Waals surface area contributed by atoms with Crippen molar-refractivity contribution in [3.63, 3.8) is 0 Å². The molecule has 20 heavy (non-hydrogen) atoms. The highest BCUT2D eigenvalue weighted by Crippen LogP contribution is 2.18. The van der Waals surface area contributed by atoms with Gasteiger partial charge >= 0.3 is 0 Å². The van der Waals surface area contributed by atoms with E-state index in [0.29, 0.717) is 6.10 Å². The summed E-state index contributed by atoms with van der Waals surface area (Å²) in [5, 5.41) is 3.27. The van der Waals surface area contributed by atoms with E-state index in [1.54, 1.807) is 0 Å². The molecule has 4 nitrogen and oxygen atoms in total. The Hall–Kier alpha value is -1.97. The van der Waals surface area contributed by atoms with Crippen LogP contribution in [0.2, 0.25) is 0 Å². The number of rotatable bonds is 4. The molecule has 0 bridgehead atoms. The first kappa shape index (κ1) is 14.4. The first-order chi connectivity index (χ1) is 9.83. The van der Waals surface area contributed by atoms with Crippen LogP contribution in [-0.2, 0) is 0 Å². The first-order valence-electron chi connectivity index (χ1n) is 7.11. The molecule has 4 heteroatoms. The quantitative estimate of drug-likeness (QED) is 0.519. The third-order valence-corrected chi connectivity index (χ3v) is 3.40. The van der Waals surface area contributed by atoms with Crippen molar-refractivity contribution < 1.29 is 4.74 Å². The van der Waals surface area contributed by atoms with Crippen molar-refractivity contribution in [3.05, 3.63) is 43.0 Å². The Morgan fingerprint density at radius 3 is 2.70 bits per heavy atom. The van der Waals surface area contributed by atoms with Gasteiger partial charge in [-0.15, -0.1) is 6.58 Å². The Morgan fingerprint density at radius 2 is 2.10 bits per heavy atom. The molecule has 1 saturated heterocycles. The lowest BCUT2D eigenvalue weighted by molar-refractivity contribution is 0.129. The van der Waals surface area contributed by atoms with Gasteiger partial charge < -0.3 is 15.0 Å². The Bertz CT molecular complexity index is 436. The molecule has 1 aliphatic heterocycles. The molecule has 1 N–H and O–H groups in total. The average molecular weight is 273 g/mol. The van der Waals surface area contributed by atoms with Crippen LogP contribution in [0.15, 0.2) is 48.0 Å². The van der Waals surface area contributed by atoms with Crippen LogP contribution < -0.4 is 10.1 Å². The van der Waals surface area contributed by atoms with Crippen LogP contribution in [0.1, 0.15) is 12.8 Å². The van der Waals surface area contributed by atoms with Gasteiger partial charge in [0.05, 0.1) is 0 Å². The lowest BCUT2D eigenvalue weighted by atomic mass is 10.1. The maximum Gasteiger partial charge on any atom is 0.193 e. The van der Waals surface area contributed by atoms with Gasteiger partial charge in [-0.05, 0) is 12.1 Å². The smallest absolute Gasteiger partial charge is 0.193 e. The standard InChI is InChI=1S/C16H23N3O/c1-3-11-18-16(17-2)19-12-9-15(10-13-19)20-14-7-5-4-6-8-14/h3-8,15H,1,9-13H2,2H3,(H,17,18). The molecule has 1 heterocycles. The van der Waals surface area contributed by atoms with Crippen molar-refractivity contribution in [2.24, 2.45) is 4.99 Å². The second-order valence-corrected chi connectivity index (χ2v) is 4.83. The van der Waals surface area contributed by atoms with Gasteiger partial charge in [-0.1, -0.05) is 24.3 Å². The second kappa shape index (κ2) is 7.58.